The van der Waals surface area contributed by atoms with Crippen molar-refractivity contribution < 1.29 is 9.47 Å². The molecule has 2 aromatic rings. The maximum absolute atomic E-state index is 5.96. The Hall–Kier alpha value is -1.32. The molecule has 0 amide bonds. The van der Waals surface area contributed by atoms with Crippen molar-refractivity contribution in [3.8, 4) is 5.75 Å². The predicted molar refractivity (Wildman–Crippen MR) is 78.5 cm³/mol. The molecule has 0 atom stereocenters. The molecule has 0 saturated carbocycles. The number of ether oxygens (including phenoxy) is 2. The first kappa shape index (κ1) is 12.7. The van der Waals surface area contributed by atoms with Crippen LogP contribution in [0.1, 0.15) is 17.0 Å². The van der Waals surface area contributed by atoms with E-state index in [1.54, 1.807) is 0 Å². The lowest BCUT2D eigenvalue weighted by Crippen LogP contribution is -2.25. The highest BCUT2D eigenvalue weighted by Crippen LogP contribution is 2.34. The summed E-state index contributed by atoms with van der Waals surface area (Å²) in [6.07, 6.45) is 0. The summed E-state index contributed by atoms with van der Waals surface area (Å²) >= 11 is 3.52. The Bertz CT molecular complexity index is 550. The predicted octanol–water partition coefficient (Wildman–Crippen LogP) is 4.14. The van der Waals surface area contributed by atoms with E-state index in [9.17, 15) is 0 Å². The van der Waals surface area contributed by atoms with Crippen molar-refractivity contribution in [3.05, 3.63) is 64.1 Å². The van der Waals surface area contributed by atoms with Crippen LogP contribution in [0.4, 0.5) is 0 Å². The lowest BCUT2D eigenvalue weighted by atomic mass is 9.97. The van der Waals surface area contributed by atoms with Crippen LogP contribution in [-0.2, 0) is 11.3 Å². The SMILES string of the molecule is Brc1ccc(OCc2ccccc2)c(C2COC2)c1. The van der Waals surface area contributed by atoms with Crippen molar-refractivity contribution in [2.75, 3.05) is 13.2 Å². The van der Waals surface area contributed by atoms with E-state index in [2.05, 4.69) is 34.1 Å². The maximum atomic E-state index is 5.96. The van der Waals surface area contributed by atoms with E-state index < -0.39 is 0 Å². The highest BCUT2D eigenvalue weighted by Gasteiger charge is 2.24. The smallest absolute Gasteiger partial charge is 0.123 e. The van der Waals surface area contributed by atoms with E-state index in [0.717, 1.165) is 23.4 Å². The van der Waals surface area contributed by atoms with Gasteiger partial charge in [-0.3, -0.25) is 0 Å². The van der Waals surface area contributed by atoms with Crippen LogP contribution in [0.5, 0.6) is 5.75 Å². The van der Waals surface area contributed by atoms with Gasteiger partial charge in [-0.05, 0) is 23.8 Å². The quantitative estimate of drug-likeness (QED) is 0.843. The van der Waals surface area contributed by atoms with Crippen LogP contribution in [0.25, 0.3) is 0 Å². The topological polar surface area (TPSA) is 18.5 Å². The summed E-state index contributed by atoms with van der Waals surface area (Å²) in [5.41, 5.74) is 2.41. The van der Waals surface area contributed by atoms with E-state index >= 15 is 0 Å². The molecular weight excluding hydrogens is 304 g/mol. The number of hydrogen-bond acceptors (Lipinski definition) is 2. The first-order valence-electron chi connectivity index (χ1n) is 6.37. The molecular formula is C16H15BrO2. The van der Waals surface area contributed by atoms with Crippen molar-refractivity contribution in [2.24, 2.45) is 0 Å². The normalized spacial score (nSPS) is 15.0. The molecule has 98 valence electrons. The molecule has 0 unspecified atom stereocenters. The van der Waals surface area contributed by atoms with Gasteiger partial charge in [0.15, 0.2) is 0 Å². The minimum atomic E-state index is 0.461. The summed E-state index contributed by atoms with van der Waals surface area (Å²) in [6, 6.07) is 16.4. The summed E-state index contributed by atoms with van der Waals surface area (Å²) in [5.74, 6) is 1.42. The van der Waals surface area contributed by atoms with E-state index in [1.807, 2.05) is 30.3 Å². The van der Waals surface area contributed by atoms with Crippen molar-refractivity contribution in [2.45, 2.75) is 12.5 Å². The van der Waals surface area contributed by atoms with E-state index in [4.69, 9.17) is 9.47 Å². The number of benzene rings is 2. The first-order valence-corrected chi connectivity index (χ1v) is 7.16. The van der Waals surface area contributed by atoms with Crippen molar-refractivity contribution in [3.63, 3.8) is 0 Å². The third kappa shape index (κ3) is 2.99. The zero-order chi connectivity index (χ0) is 13.1. The second-order valence-electron chi connectivity index (χ2n) is 4.69. The van der Waals surface area contributed by atoms with Crippen molar-refractivity contribution in [1.29, 1.82) is 0 Å². The highest BCUT2D eigenvalue weighted by atomic mass is 79.9. The van der Waals surface area contributed by atoms with Gasteiger partial charge in [-0.25, -0.2) is 0 Å². The van der Waals surface area contributed by atoms with Crippen LogP contribution in [-0.4, -0.2) is 13.2 Å². The van der Waals surface area contributed by atoms with Gasteiger partial charge in [0.1, 0.15) is 12.4 Å². The third-order valence-corrected chi connectivity index (χ3v) is 3.78. The fraction of sp³-hybridized carbons (Fsp3) is 0.250. The Morgan fingerprint density at radius 2 is 1.89 bits per heavy atom. The molecule has 0 aliphatic carbocycles. The molecule has 3 rings (SSSR count). The van der Waals surface area contributed by atoms with E-state index in [1.165, 1.54) is 11.1 Å². The lowest BCUT2D eigenvalue weighted by molar-refractivity contribution is 0.00721. The molecule has 1 aliphatic rings. The van der Waals surface area contributed by atoms with Gasteiger partial charge in [-0.2, -0.15) is 0 Å². The zero-order valence-electron chi connectivity index (χ0n) is 10.5. The molecule has 1 fully saturated rings. The molecule has 3 heteroatoms. The van der Waals surface area contributed by atoms with Crippen LogP contribution >= 0.6 is 15.9 Å². The molecule has 2 nitrogen and oxygen atoms in total. The van der Waals surface area contributed by atoms with Crippen molar-refractivity contribution in [1.82, 2.24) is 0 Å². The Kier molecular flexibility index (Phi) is 3.85. The van der Waals surface area contributed by atoms with E-state index in [0.29, 0.717) is 12.5 Å². The minimum Gasteiger partial charge on any atom is -0.489 e. The second kappa shape index (κ2) is 5.76. The molecule has 2 aromatic carbocycles. The molecule has 0 N–H and O–H groups in total. The summed E-state index contributed by atoms with van der Waals surface area (Å²) < 4.78 is 12.3. The minimum absolute atomic E-state index is 0.461. The van der Waals surface area contributed by atoms with Crippen LogP contribution < -0.4 is 4.74 Å². The van der Waals surface area contributed by atoms with E-state index in [-0.39, 0.29) is 0 Å². The first-order chi connectivity index (χ1) is 9.33. The number of rotatable bonds is 4. The fourth-order valence-electron chi connectivity index (χ4n) is 2.12. The van der Waals surface area contributed by atoms with Gasteiger partial charge in [0.2, 0.25) is 0 Å². The Morgan fingerprint density at radius 3 is 2.58 bits per heavy atom. The Labute approximate surface area is 121 Å². The molecule has 1 saturated heterocycles. The molecule has 19 heavy (non-hydrogen) atoms. The number of halogens is 1. The average molecular weight is 319 g/mol. The summed E-state index contributed by atoms with van der Waals surface area (Å²) in [5, 5.41) is 0. The molecule has 0 bridgehead atoms. The standard InChI is InChI=1S/C16H15BrO2/c17-14-6-7-16(15(8-14)13-10-18-11-13)19-9-12-4-2-1-3-5-12/h1-8,13H,9-11H2. The average Bonchev–Trinajstić information content (AvgIpc) is 2.37. The Morgan fingerprint density at radius 1 is 1.11 bits per heavy atom. The molecule has 0 spiro atoms. The van der Waals surface area contributed by atoms with Gasteiger partial charge in [0.25, 0.3) is 0 Å². The third-order valence-electron chi connectivity index (χ3n) is 3.29. The monoisotopic (exact) mass is 318 g/mol. The van der Waals surface area contributed by atoms with Crippen LogP contribution in [0.15, 0.2) is 53.0 Å². The summed E-state index contributed by atoms with van der Waals surface area (Å²) in [7, 11) is 0. The van der Waals surface area contributed by atoms with Gasteiger partial charge in [-0.1, -0.05) is 46.3 Å². The lowest BCUT2D eigenvalue weighted by Gasteiger charge is -2.28. The molecule has 0 radical (unpaired) electrons. The molecule has 1 aliphatic heterocycles. The Balaban J connectivity index is 1.76. The van der Waals surface area contributed by atoms with Gasteiger partial charge < -0.3 is 9.47 Å². The van der Waals surface area contributed by atoms with Crippen LogP contribution in [0, 0.1) is 0 Å². The fourth-order valence-corrected chi connectivity index (χ4v) is 2.50. The largest absolute Gasteiger partial charge is 0.489 e. The zero-order valence-corrected chi connectivity index (χ0v) is 12.1. The number of hydrogen-bond donors (Lipinski definition) is 0. The molecule has 1 heterocycles. The van der Waals surface area contributed by atoms with Crippen LogP contribution in [0.3, 0.4) is 0 Å². The second-order valence-corrected chi connectivity index (χ2v) is 5.61. The van der Waals surface area contributed by atoms with Gasteiger partial charge in [0.05, 0.1) is 13.2 Å². The van der Waals surface area contributed by atoms with Gasteiger partial charge >= 0.3 is 0 Å². The summed E-state index contributed by atoms with van der Waals surface area (Å²) in [6.45, 7) is 2.18. The summed E-state index contributed by atoms with van der Waals surface area (Å²) in [4.78, 5) is 0. The van der Waals surface area contributed by atoms with Gasteiger partial charge in [-0.15, -0.1) is 0 Å². The molecule has 0 aromatic heterocycles. The maximum Gasteiger partial charge on any atom is 0.123 e. The highest BCUT2D eigenvalue weighted by molar-refractivity contribution is 9.10. The van der Waals surface area contributed by atoms with Crippen molar-refractivity contribution >= 4 is 15.9 Å². The van der Waals surface area contributed by atoms with Crippen LogP contribution in [0.2, 0.25) is 0 Å². The van der Waals surface area contributed by atoms with Gasteiger partial charge in [0, 0.05) is 16.0 Å².